The summed E-state index contributed by atoms with van der Waals surface area (Å²) < 4.78 is 10.9. The van der Waals surface area contributed by atoms with Crippen molar-refractivity contribution >= 4 is 28.4 Å². The highest BCUT2D eigenvalue weighted by molar-refractivity contribution is 6.32. The molecule has 110 valence electrons. The van der Waals surface area contributed by atoms with Gasteiger partial charge in [-0.2, -0.15) is 0 Å². The van der Waals surface area contributed by atoms with E-state index >= 15 is 0 Å². The molecule has 0 aliphatic heterocycles. The van der Waals surface area contributed by atoms with Gasteiger partial charge in [0, 0.05) is 17.0 Å². The van der Waals surface area contributed by atoms with Crippen molar-refractivity contribution in [3.63, 3.8) is 0 Å². The number of aryl methyl sites for hydroxylation is 1. The summed E-state index contributed by atoms with van der Waals surface area (Å²) in [6.07, 6.45) is 1.97. The summed E-state index contributed by atoms with van der Waals surface area (Å²) in [4.78, 5) is 23.2. The highest BCUT2D eigenvalue weighted by Crippen LogP contribution is 2.35. The standard InChI is InChI=1S/C16H15ClO4/c1-8(18)9(2)20-15-7-14-12(6-13(15)17)10-4-3-5-11(10)16(19)21-14/h6-7,9H,3-5H2,1-2H3. The first kappa shape index (κ1) is 14.1. The second-order valence-corrected chi connectivity index (χ2v) is 5.76. The predicted molar refractivity (Wildman–Crippen MR) is 80.3 cm³/mol. The van der Waals surface area contributed by atoms with Crippen molar-refractivity contribution in [3.8, 4) is 5.75 Å². The van der Waals surface area contributed by atoms with Crippen molar-refractivity contribution in [2.75, 3.05) is 0 Å². The van der Waals surface area contributed by atoms with Crippen LogP contribution < -0.4 is 10.4 Å². The first-order valence-electron chi connectivity index (χ1n) is 6.92. The van der Waals surface area contributed by atoms with Gasteiger partial charge in [-0.15, -0.1) is 0 Å². The van der Waals surface area contributed by atoms with Gasteiger partial charge in [-0.1, -0.05) is 11.6 Å². The van der Waals surface area contributed by atoms with Gasteiger partial charge in [-0.25, -0.2) is 4.79 Å². The molecule has 21 heavy (non-hydrogen) atoms. The van der Waals surface area contributed by atoms with E-state index in [-0.39, 0.29) is 11.4 Å². The molecule has 0 saturated carbocycles. The van der Waals surface area contributed by atoms with Crippen LogP contribution in [0, 0.1) is 0 Å². The van der Waals surface area contributed by atoms with E-state index in [9.17, 15) is 9.59 Å². The van der Waals surface area contributed by atoms with Gasteiger partial charge in [0.1, 0.15) is 11.3 Å². The van der Waals surface area contributed by atoms with Crippen molar-refractivity contribution in [3.05, 3.63) is 38.7 Å². The third kappa shape index (κ3) is 2.44. The lowest BCUT2D eigenvalue weighted by molar-refractivity contribution is -0.122. The van der Waals surface area contributed by atoms with Gasteiger partial charge < -0.3 is 9.15 Å². The lowest BCUT2D eigenvalue weighted by atomic mass is 10.1. The average Bonchev–Trinajstić information content (AvgIpc) is 2.91. The molecule has 0 saturated heterocycles. The lowest BCUT2D eigenvalue weighted by Crippen LogP contribution is -2.20. The molecule has 0 amide bonds. The van der Waals surface area contributed by atoms with E-state index in [0.29, 0.717) is 16.4 Å². The second kappa shape index (κ2) is 5.19. The largest absolute Gasteiger partial charge is 0.481 e. The Morgan fingerprint density at radius 3 is 2.76 bits per heavy atom. The molecule has 0 bridgehead atoms. The maximum Gasteiger partial charge on any atom is 0.339 e. The van der Waals surface area contributed by atoms with E-state index in [0.717, 1.165) is 35.8 Å². The molecule has 2 aromatic rings. The fourth-order valence-corrected chi connectivity index (χ4v) is 2.85. The topological polar surface area (TPSA) is 56.5 Å². The third-order valence-corrected chi connectivity index (χ3v) is 4.20. The molecule has 1 aliphatic carbocycles. The summed E-state index contributed by atoms with van der Waals surface area (Å²) in [6.45, 7) is 3.11. The summed E-state index contributed by atoms with van der Waals surface area (Å²) in [6, 6.07) is 3.35. The number of rotatable bonds is 3. The van der Waals surface area contributed by atoms with Gasteiger partial charge in [0.2, 0.25) is 0 Å². The van der Waals surface area contributed by atoms with Gasteiger partial charge in [-0.05, 0) is 44.7 Å². The maximum absolute atomic E-state index is 12.0. The van der Waals surface area contributed by atoms with Gasteiger partial charge in [0.15, 0.2) is 11.9 Å². The molecule has 1 aromatic heterocycles. The first-order valence-corrected chi connectivity index (χ1v) is 7.30. The third-order valence-electron chi connectivity index (χ3n) is 3.90. The molecule has 1 unspecified atom stereocenters. The number of Topliss-reactive ketones (excluding diaryl/α,β-unsaturated/α-hetero) is 1. The van der Waals surface area contributed by atoms with Crippen LogP contribution in [0.3, 0.4) is 0 Å². The van der Waals surface area contributed by atoms with Crippen LogP contribution in [0.5, 0.6) is 5.75 Å². The normalized spacial score (nSPS) is 15.0. The Morgan fingerprint density at radius 1 is 1.33 bits per heavy atom. The van der Waals surface area contributed by atoms with Gasteiger partial charge in [-0.3, -0.25) is 4.79 Å². The highest BCUT2D eigenvalue weighted by atomic mass is 35.5. The van der Waals surface area contributed by atoms with E-state index in [4.69, 9.17) is 20.8 Å². The number of hydrogen-bond donors (Lipinski definition) is 0. The van der Waals surface area contributed by atoms with Crippen molar-refractivity contribution in [2.24, 2.45) is 0 Å². The number of benzene rings is 1. The zero-order valence-corrected chi connectivity index (χ0v) is 12.6. The number of fused-ring (bicyclic) bond motifs is 3. The fraction of sp³-hybridized carbons (Fsp3) is 0.375. The molecule has 1 aliphatic rings. The fourth-order valence-electron chi connectivity index (χ4n) is 2.65. The molecule has 0 spiro atoms. The summed E-state index contributed by atoms with van der Waals surface area (Å²) in [5.41, 5.74) is 1.94. The Balaban J connectivity index is 2.14. The Hall–Kier alpha value is -1.81. The molecule has 1 aromatic carbocycles. The van der Waals surface area contributed by atoms with Crippen molar-refractivity contribution < 1.29 is 13.9 Å². The molecule has 5 heteroatoms. The Kier molecular flexibility index (Phi) is 3.49. The van der Waals surface area contributed by atoms with Crippen LogP contribution >= 0.6 is 11.6 Å². The Morgan fingerprint density at radius 2 is 2.05 bits per heavy atom. The maximum atomic E-state index is 12.0. The summed E-state index contributed by atoms with van der Waals surface area (Å²) in [5, 5.41) is 1.27. The monoisotopic (exact) mass is 306 g/mol. The van der Waals surface area contributed by atoms with Crippen molar-refractivity contribution in [1.29, 1.82) is 0 Å². The number of ether oxygens (including phenoxy) is 1. The van der Waals surface area contributed by atoms with E-state index in [2.05, 4.69) is 0 Å². The molecular formula is C16H15ClO4. The van der Waals surface area contributed by atoms with Gasteiger partial charge in [0.25, 0.3) is 0 Å². The summed E-state index contributed by atoms with van der Waals surface area (Å²) in [7, 11) is 0. The molecule has 3 rings (SSSR count). The zero-order valence-electron chi connectivity index (χ0n) is 11.9. The minimum Gasteiger partial charge on any atom is -0.481 e. The first-order chi connectivity index (χ1) is 9.97. The van der Waals surface area contributed by atoms with Crippen LogP contribution in [0.4, 0.5) is 0 Å². The Bertz CT molecular complexity index is 791. The number of hydrogen-bond acceptors (Lipinski definition) is 4. The predicted octanol–water partition coefficient (Wildman–Crippen LogP) is 3.29. The van der Waals surface area contributed by atoms with Crippen LogP contribution in [-0.4, -0.2) is 11.9 Å². The molecular weight excluding hydrogens is 292 g/mol. The summed E-state index contributed by atoms with van der Waals surface area (Å²) >= 11 is 6.24. The summed E-state index contributed by atoms with van der Waals surface area (Å²) in [5.74, 6) is 0.259. The SMILES string of the molecule is CC(=O)C(C)Oc1cc2oc(=O)c3c(c2cc1Cl)CCC3. The lowest BCUT2D eigenvalue weighted by Gasteiger charge is -2.14. The molecule has 0 N–H and O–H groups in total. The van der Waals surface area contributed by atoms with Crippen LogP contribution in [0.15, 0.2) is 21.3 Å². The molecule has 1 atom stereocenters. The van der Waals surface area contributed by atoms with E-state index in [1.807, 2.05) is 0 Å². The second-order valence-electron chi connectivity index (χ2n) is 5.35. The molecule has 4 nitrogen and oxygen atoms in total. The van der Waals surface area contributed by atoms with Crippen LogP contribution in [0.25, 0.3) is 11.0 Å². The average molecular weight is 307 g/mol. The number of halogens is 1. The van der Waals surface area contributed by atoms with E-state index in [1.165, 1.54) is 6.92 Å². The number of ketones is 1. The highest BCUT2D eigenvalue weighted by Gasteiger charge is 2.21. The van der Waals surface area contributed by atoms with Gasteiger partial charge in [0.05, 0.1) is 5.02 Å². The minimum absolute atomic E-state index is 0.0958. The van der Waals surface area contributed by atoms with Crippen molar-refractivity contribution in [1.82, 2.24) is 0 Å². The minimum atomic E-state index is -0.596. The molecule has 0 fully saturated rings. The molecule has 0 radical (unpaired) electrons. The zero-order chi connectivity index (χ0) is 15.1. The van der Waals surface area contributed by atoms with Crippen LogP contribution in [0.2, 0.25) is 5.02 Å². The van der Waals surface area contributed by atoms with Crippen LogP contribution in [-0.2, 0) is 17.6 Å². The van der Waals surface area contributed by atoms with E-state index in [1.54, 1.807) is 19.1 Å². The van der Waals surface area contributed by atoms with Gasteiger partial charge >= 0.3 is 5.63 Å². The smallest absolute Gasteiger partial charge is 0.339 e. The van der Waals surface area contributed by atoms with Crippen molar-refractivity contribution in [2.45, 2.75) is 39.2 Å². The quantitative estimate of drug-likeness (QED) is 0.817. The molecule has 1 heterocycles. The van der Waals surface area contributed by atoms with E-state index < -0.39 is 6.10 Å². The van der Waals surface area contributed by atoms with Crippen LogP contribution in [0.1, 0.15) is 31.4 Å². The number of carbonyl (C=O) groups excluding carboxylic acids is 1. The number of carbonyl (C=O) groups is 1. The Labute approximate surface area is 126 Å².